The average Bonchev–Trinajstić information content (AvgIpc) is 2.13. The zero-order chi connectivity index (χ0) is 11.4. The molecular formula is C8H10N4O3. The van der Waals surface area contributed by atoms with Crippen LogP contribution < -0.4 is 11.5 Å². The van der Waals surface area contributed by atoms with Crippen LogP contribution >= 0.6 is 0 Å². The highest BCUT2D eigenvalue weighted by Gasteiger charge is 2.05. The molecule has 7 N–H and O–H groups in total. The number of hydrogen-bond donors (Lipinski definition) is 5. The minimum absolute atomic E-state index is 0.176. The molecule has 0 aliphatic carbocycles. The number of phenols is 3. The van der Waals surface area contributed by atoms with E-state index in [2.05, 4.69) is 10.2 Å². The van der Waals surface area contributed by atoms with Crippen molar-refractivity contribution in [1.29, 1.82) is 0 Å². The van der Waals surface area contributed by atoms with Gasteiger partial charge in [-0.05, 0) is 6.07 Å². The van der Waals surface area contributed by atoms with Crippen LogP contribution in [-0.4, -0.2) is 27.5 Å². The monoisotopic (exact) mass is 210 g/mol. The van der Waals surface area contributed by atoms with Crippen molar-refractivity contribution in [2.24, 2.45) is 21.7 Å². The van der Waals surface area contributed by atoms with E-state index >= 15 is 0 Å². The Morgan fingerprint density at radius 1 is 1.07 bits per heavy atom. The number of guanidine groups is 1. The molecule has 80 valence electrons. The molecule has 0 amide bonds. The van der Waals surface area contributed by atoms with Crippen molar-refractivity contribution >= 4 is 12.2 Å². The van der Waals surface area contributed by atoms with Gasteiger partial charge in [-0.15, -0.1) is 5.10 Å². The van der Waals surface area contributed by atoms with Crippen molar-refractivity contribution < 1.29 is 15.3 Å². The quantitative estimate of drug-likeness (QED) is 0.146. The van der Waals surface area contributed by atoms with Gasteiger partial charge in [0.15, 0.2) is 11.5 Å². The predicted octanol–water partition coefficient (Wildman–Crippen LogP) is -0.589. The van der Waals surface area contributed by atoms with E-state index < -0.39 is 5.75 Å². The highest BCUT2D eigenvalue weighted by Crippen LogP contribution is 2.31. The second-order valence-corrected chi connectivity index (χ2v) is 2.67. The first-order chi connectivity index (χ1) is 7.00. The minimum Gasteiger partial charge on any atom is -0.507 e. The van der Waals surface area contributed by atoms with Gasteiger partial charge in [0.2, 0.25) is 5.96 Å². The molecule has 0 fully saturated rings. The highest BCUT2D eigenvalue weighted by molar-refractivity contribution is 5.85. The van der Waals surface area contributed by atoms with E-state index in [4.69, 9.17) is 21.7 Å². The highest BCUT2D eigenvalue weighted by atomic mass is 16.3. The van der Waals surface area contributed by atoms with Crippen LogP contribution in [-0.2, 0) is 0 Å². The molecule has 0 radical (unpaired) electrons. The van der Waals surface area contributed by atoms with Gasteiger partial charge in [-0.2, -0.15) is 5.10 Å². The van der Waals surface area contributed by atoms with Crippen molar-refractivity contribution in [3.63, 3.8) is 0 Å². The fourth-order valence-corrected chi connectivity index (χ4v) is 0.843. The molecule has 1 rings (SSSR count). The van der Waals surface area contributed by atoms with E-state index in [-0.39, 0.29) is 23.0 Å². The van der Waals surface area contributed by atoms with Crippen LogP contribution in [0.2, 0.25) is 0 Å². The lowest BCUT2D eigenvalue weighted by Gasteiger charge is -2.01. The second-order valence-electron chi connectivity index (χ2n) is 2.67. The topological polar surface area (TPSA) is 137 Å². The van der Waals surface area contributed by atoms with Crippen molar-refractivity contribution in [2.75, 3.05) is 0 Å². The first kappa shape index (κ1) is 10.6. The normalized spacial score (nSPS) is 10.4. The maximum Gasteiger partial charge on any atom is 0.211 e. The summed E-state index contributed by atoms with van der Waals surface area (Å²) in [4.78, 5) is 0. The second kappa shape index (κ2) is 4.18. The number of hydrogen-bond acceptors (Lipinski definition) is 5. The predicted molar refractivity (Wildman–Crippen MR) is 54.8 cm³/mol. The van der Waals surface area contributed by atoms with Crippen molar-refractivity contribution in [1.82, 2.24) is 0 Å². The van der Waals surface area contributed by atoms with E-state index in [1.807, 2.05) is 0 Å². The Bertz CT molecular complexity index is 424. The van der Waals surface area contributed by atoms with Gasteiger partial charge in [-0.25, -0.2) is 0 Å². The lowest BCUT2D eigenvalue weighted by molar-refractivity contribution is 0.396. The molecule has 15 heavy (non-hydrogen) atoms. The molecule has 0 heterocycles. The summed E-state index contributed by atoms with van der Waals surface area (Å²) in [5.74, 6) is -1.28. The summed E-state index contributed by atoms with van der Waals surface area (Å²) in [6.07, 6.45) is 1.13. The van der Waals surface area contributed by atoms with Gasteiger partial charge in [0.1, 0.15) is 5.75 Å². The van der Waals surface area contributed by atoms with Crippen molar-refractivity contribution in [3.8, 4) is 17.2 Å². The standard InChI is InChI=1S/C8H10N4O3/c9-8(10)12-11-3-4-1-6(14)7(15)2-5(4)13/h1-3,13-15H,(H4,9,10,12). The SMILES string of the molecule is NC(N)=NN=Cc1cc(O)c(O)cc1O. The Labute approximate surface area is 85.0 Å². The third kappa shape index (κ3) is 2.76. The molecule has 0 saturated carbocycles. The summed E-state index contributed by atoms with van der Waals surface area (Å²) in [5.41, 5.74) is 10.2. The van der Waals surface area contributed by atoms with Crippen LogP contribution in [0.1, 0.15) is 5.56 Å². The first-order valence-electron chi connectivity index (χ1n) is 3.87. The molecular weight excluding hydrogens is 200 g/mol. The number of aromatic hydroxyl groups is 3. The van der Waals surface area contributed by atoms with Crippen LogP contribution in [0.15, 0.2) is 22.3 Å². The van der Waals surface area contributed by atoms with Gasteiger partial charge >= 0.3 is 0 Å². The van der Waals surface area contributed by atoms with E-state index in [0.29, 0.717) is 0 Å². The van der Waals surface area contributed by atoms with Crippen molar-refractivity contribution in [3.05, 3.63) is 17.7 Å². The maximum absolute atomic E-state index is 9.31. The van der Waals surface area contributed by atoms with Crippen LogP contribution in [0.4, 0.5) is 0 Å². The first-order valence-corrected chi connectivity index (χ1v) is 3.87. The van der Waals surface area contributed by atoms with Gasteiger partial charge in [-0.1, -0.05) is 0 Å². The Morgan fingerprint density at radius 2 is 1.67 bits per heavy atom. The van der Waals surface area contributed by atoms with E-state index in [1.54, 1.807) is 0 Å². The van der Waals surface area contributed by atoms with Gasteiger partial charge < -0.3 is 26.8 Å². The Balaban J connectivity index is 3.01. The molecule has 0 spiro atoms. The van der Waals surface area contributed by atoms with Crippen LogP contribution in [0.25, 0.3) is 0 Å². The largest absolute Gasteiger partial charge is 0.507 e. The van der Waals surface area contributed by atoms with E-state index in [9.17, 15) is 5.11 Å². The summed E-state index contributed by atoms with van der Waals surface area (Å²) >= 11 is 0. The Hall–Kier alpha value is -2.44. The summed E-state index contributed by atoms with van der Waals surface area (Å²) in [6, 6.07) is 2.10. The zero-order valence-corrected chi connectivity index (χ0v) is 7.62. The van der Waals surface area contributed by atoms with Gasteiger partial charge in [-0.3, -0.25) is 0 Å². The van der Waals surface area contributed by atoms with E-state index in [0.717, 1.165) is 18.3 Å². The lowest BCUT2D eigenvalue weighted by atomic mass is 10.2. The lowest BCUT2D eigenvalue weighted by Crippen LogP contribution is -2.21. The molecule has 0 unspecified atom stereocenters. The van der Waals surface area contributed by atoms with Crippen LogP contribution in [0, 0.1) is 0 Å². The maximum atomic E-state index is 9.31. The zero-order valence-electron chi connectivity index (χ0n) is 7.62. The molecule has 1 aromatic rings. The average molecular weight is 210 g/mol. The summed E-state index contributed by atoms with van der Waals surface area (Å²) < 4.78 is 0. The molecule has 1 aromatic carbocycles. The smallest absolute Gasteiger partial charge is 0.211 e. The number of nitrogens with two attached hydrogens (primary N) is 2. The third-order valence-electron chi connectivity index (χ3n) is 1.49. The number of benzene rings is 1. The molecule has 0 aliphatic heterocycles. The molecule has 0 bridgehead atoms. The molecule has 7 nitrogen and oxygen atoms in total. The number of rotatable bonds is 2. The summed E-state index contributed by atoms with van der Waals surface area (Å²) in [6.45, 7) is 0. The van der Waals surface area contributed by atoms with Crippen LogP contribution in [0.3, 0.4) is 0 Å². The van der Waals surface area contributed by atoms with E-state index in [1.165, 1.54) is 0 Å². The third-order valence-corrected chi connectivity index (χ3v) is 1.49. The molecule has 0 saturated heterocycles. The summed E-state index contributed by atoms with van der Waals surface area (Å²) in [5, 5.41) is 34.2. The Kier molecular flexibility index (Phi) is 2.97. The molecule has 0 aliphatic rings. The van der Waals surface area contributed by atoms with Gasteiger partial charge in [0, 0.05) is 11.6 Å². The number of phenolic OH excluding ortho intramolecular Hbond substituents is 3. The molecule has 7 heteroatoms. The molecule has 0 atom stereocenters. The van der Waals surface area contributed by atoms with Gasteiger partial charge in [0.25, 0.3) is 0 Å². The Morgan fingerprint density at radius 3 is 2.27 bits per heavy atom. The minimum atomic E-state index is -0.425. The van der Waals surface area contributed by atoms with Crippen LogP contribution in [0.5, 0.6) is 17.2 Å². The van der Waals surface area contributed by atoms with Gasteiger partial charge in [0.05, 0.1) is 6.21 Å². The molecule has 0 aromatic heterocycles. The fraction of sp³-hybridized carbons (Fsp3) is 0. The fourth-order valence-electron chi connectivity index (χ4n) is 0.843. The summed E-state index contributed by atoms with van der Waals surface area (Å²) in [7, 11) is 0. The van der Waals surface area contributed by atoms with Crippen molar-refractivity contribution in [2.45, 2.75) is 0 Å². The number of nitrogens with zero attached hydrogens (tertiary/aromatic N) is 2.